The Balaban J connectivity index is 2.11. The van der Waals surface area contributed by atoms with E-state index in [1.807, 2.05) is 6.26 Å². The average Bonchev–Trinajstić information content (AvgIpc) is 3.24. The fraction of sp³-hybridized carbons (Fsp3) is 0.611. The van der Waals surface area contributed by atoms with Gasteiger partial charge in [0.2, 0.25) is 3.79 Å². The lowest BCUT2D eigenvalue weighted by molar-refractivity contribution is -0.142. The molecule has 0 aliphatic carbocycles. The molecule has 2 rings (SSSR count). The molecule has 192 valence electrons. The number of alkyl halides is 3. The van der Waals surface area contributed by atoms with Gasteiger partial charge in [-0.05, 0) is 31.4 Å². The van der Waals surface area contributed by atoms with E-state index in [1.54, 1.807) is 19.1 Å². The molecule has 0 saturated carbocycles. The summed E-state index contributed by atoms with van der Waals surface area (Å²) in [5.74, 6) is -0.110. The van der Waals surface area contributed by atoms with Gasteiger partial charge in [-0.3, -0.25) is 28.2 Å². The highest BCUT2D eigenvalue weighted by atomic mass is 35.6. The van der Waals surface area contributed by atoms with E-state index in [-0.39, 0.29) is 13.0 Å². The molecular weight excluding hydrogens is 556 g/mol. The summed E-state index contributed by atoms with van der Waals surface area (Å²) in [5.41, 5.74) is -0.827. The molecule has 1 aromatic heterocycles. The number of thioether (sulfide) groups is 1. The number of carbonyl (C=O) groups excluding carboxylic acids is 1. The van der Waals surface area contributed by atoms with E-state index in [0.717, 1.165) is 0 Å². The molecule has 2 N–H and O–H groups in total. The Labute approximate surface area is 215 Å². The number of nitrogens with one attached hydrogen (secondary N) is 2. The van der Waals surface area contributed by atoms with Crippen LogP contribution < -0.4 is 16.3 Å². The van der Waals surface area contributed by atoms with Gasteiger partial charge in [0.05, 0.1) is 13.7 Å². The number of aromatic nitrogens is 2. The van der Waals surface area contributed by atoms with Gasteiger partial charge >= 0.3 is 19.4 Å². The minimum Gasteiger partial charge on any atom is -0.468 e. The van der Waals surface area contributed by atoms with Crippen molar-refractivity contribution in [3.05, 3.63) is 44.8 Å². The average molecular weight is 581 g/mol. The topological polar surface area (TPSA) is 138 Å². The van der Waals surface area contributed by atoms with E-state index >= 15 is 0 Å². The van der Waals surface area contributed by atoms with E-state index in [4.69, 9.17) is 53.3 Å². The Bertz CT molecular complexity index is 1040. The summed E-state index contributed by atoms with van der Waals surface area (Å²) in [6.07, 6.45) is 5.08. The SMILES string of the molecule is COC(=O)[C@H](CCSC)NP(=O)(OC[C@@H]1C=C[C@H](n2cc(C)c(=O)[nH]c2=O)O1)OCC(Cl)(Cl)Cl. The van der Waals surface area contributed by atoms with Crippen LogP contribution in [0.15, 0.2) is 27.9 Å². The Morgan fingerprint density at radius 3 is 2.68 bits per heavy atom. The van der Waals surface area contributed by atoms with E-state index in [2.05, 4.69) is 10.1 Å². The number of methoxy groups -OCH3 is 1. The lowest BCUT2D eigenvalue weighted by Crippen LogP contribution is -2.38. The van der Waals surface area contributed by atoms with Gasteiger partial charge in [0, 0.05) is 11.8 Å². The van der Waals surface area contributed by atoms with Crippen molar-refractivity contribution >= 4 is 60.3 Å². The van der Waals surface area contributed by atoms with E-state index in [0.29, 0.717) is 11.3 Å². The predicted molar refractivity (Wildman–Crippen MR) is 131 cm³/mol. The minimum atomic E-state index is -4.19. The molecule has 1 aromatic rings. The van der Waals surface area contributed by atoms with Crippen molar-refractivity contribution in [2.75, 3.05) is 32.3 Å². The van der Waals surface area contributed by atoms with Gasteiger partial charge < -0.3 is 9.47 Å². The normalized spacial score (nSPS) is 20.8. The fourth-order valence-corrected chi connectivity index (χ4v) is 5.17. The van der Waals surface area contributed by atoms with Gasteiger partial charge in [-0.25, -0.2) is 14.4 Å². The van der Waals surface area contributed by atoms with Gasteiger partial charge in [0.25, 0.3) is 5.56 Å². The summed E-state index contributed by atoms with van der Waals surface area (Å²) in [7, 11) is -2.99. The first-order valence-corrected chi connectivity index (χ1v) is 13.9. The van der Waals surface area contributed by atoms with Crippen LogP contribution in [0.5, 0.6) is 0 Å². The lowest BCUT2D eigenvalue weighted by Gasteiger charge is -2.26. The molecule has 0 bridgehead atoms. The molecule has 0 fully saturated rings. The summed E-state index contributed by atoms with van der Waals surface area (Å²) in [6.45, 7) is 0.672. The molecule has 0 aromatic carbocycles. The Kier molecular flexibility index (Phi) is 11.2. The van der Waals surface area contributed by atoms with Crippen LogP contribution in [0.1, 0.15) is 18.2 Å². The first-order valence-electron chi connectivity index (χ1n) is 9.83. The maximum atomic E-state index is 13.4. The molecule has 11 nitrogen and oxygen atoms in total. The predicted octanol–water partition coefficient (Wildman–Crippen LogP) is 2.69. The van der Waals surface area contributed by atoms with E-state index in [9.17, 15) is 18.9 Å². The molecule has 34 heavy (non-hydrogen) atoms. The zero-order chi connectivity index (χ0) is 25.5. The molecule has 0 radical (unpaired) electrons. The van der Waals surface area contributed by atoms with Crippen LogP contribution in [-0.2, 0) is 27.9 Å². The molecule has 0 amide bonds. The maximum absolute atomic E-state index is 13.4. The van der Waals surface area contributed by atoms with Gasteiger partial charge in [-0.1, -0.05) is 40.9 Å². The van der Waals surface area contributed by atoms with Gasteiger partial charge in [0.1, 0.15) is 18.8 Å². The van der Waals surface area contributed by atoms with Crippen molar-refractivity contribution in [2.24, 2.45) is 0 Å². The van der Waals surface area contributed by atoms with Gasteiger partial charge in [-0.2, -0.15) is 11.8 Å². The smallest absolute Gasteiger partial charge is 0.406 e. The highest BCUT2D eigenvalue weighted by Gasteiger charge is 2.36. The molecule has 4 atom stereocenters. The number of ether oxygens (including phenoxy) is 2. The van der Waals surface area contributed by atoms with Crippen LogP contribution in [0, 0.1) is 6.92 Å². The van der Waals surface area contributed by atoms with Crippen LogP contribution in [0.25, 0.3) is 0 Å². The van der Waals surface area contributed by atoms with Crippen LogP contribution in [0.2, 0.25) is 0 Å². The molecule has 1 aliphatic heterocycles. The molecule has 2 heterocycles. The Hall–Kier alpha value is -0.820. The van der Waals surface area contributed by atoms with Crippen LogP contribution >= 0.6 is 54.3 Å². The maximum Gasteiger partial charge on any atom is 0.406 e. The van der Waals surface area contributed by atoms with Crippen LogP contribution in [0.4, 0.5) is 0 Å². The summed E-state index contributed by atoms with van der Waals surface area (Å²) in [5, 5.41) is 2.55. The van der Waals surface area contributed by atoms with Crippen molar-refractivity contribution < 1.29 is 27.9 Å². The summed E-state index contributed by atoms with van der Waals surface area (Å²) < 4.78 is 33.9. The number of carbonyl (C=O) groups is 1. The first kappa shape index (κ1) is 29.4. The standard InChI is InChI=1S/C18H25Cl3N3O8PS/c1-11-8-24(17(27)22-15(11)25)14-5-4-12(32-14)9-30-33(28,31-10-18(19,20)21)23-13(6-7-34-3)16(26)29-2/h4-5,8,12-14H,6-7,9-10H2,1-3H3,(H,23,28)(H,22,25,27)/t12-,13-,14+,33?/m0/s1. The van der Waals surface area contributed by atoms with Gasteiger partial charge in [0.15, 0.2) is 6.23 Å². The number of rotatable bonds is 12. The van der Waals surface area contributed by atoms with E-state index in [1.165, 1.54) is 29.6 Å². The van der Waals surface area contributed by atoms with Crippen molar-refractivity contribution in [3.63, 3.8) is 0 Å². The van der Waals surface area contributed by atoms with Crippen LogP contribution in [0.3, 0.4) is 0 Å². The molecular formula is C18H25Cl3N3O8PS. The van der Waals surface area contributed by atoms with Crippen molar-refractivity contribution in [1.82, 2.24) is 14.6 Å². The largest absolute Gasteiger partial charge is 0.468 e. The number of halogens is 3. The minimum absolute atomic E-state index is 0.273. The molecule has 16 heteroatoms. The highest BCUT2D eigenvalue weighted by Crippen LogP contribution is 2.47. The van der Waals surface area contributed by atoms with Crippen LogP contribution in [-0.4, -0.2) is 63.8 Å². The third kappa shape index (κ3) is 9.00. The zero-order valence-corrected chi connectivity index (χ0v) is 22.5. The quantitative estimate of drug-likeness (QED) is 0.164. The third-order valence-electron chi connectivity index (χ3n) is 4.44. The number of H-pyrrole nitrogens is 1. The second-order valence-corrected chi connectivity index (χ2v) is 12.4. The number of esters is 1. The molecule has 0 saturated heterocycles. The second kappa shape index (κ2) is 12.9. The first-order chi connectivity index (χ1) is 15.9. The molecule has 1 aliphatic rings. The number of hydrogen-bond donors (Lipinski definition) is 2. The van der Waals surface area contributed by atoms with Gasteiger partial charge in [-0.15, -0.1) is 0 Å². The number of aromatic amines is 1. The highest BCUT2D eigenvalue weighted by molar-refractivity contribution is 7.98. The summed E-state index contributed by atoms with van der Waals surface area (Å²) in [6, 6.07) is -1.01. The number of nitrogens with zero attached hydrogens (tertiary/aromatic N) is 1. The summed E-state index contributed by atoms with van der Waals surface area (Å²) >= 11 is 18.6. The van der Waals surface area contributed by atoms with Crippen molar-refractivity contribution in [1.29, 1.82) is 0 Å². The van der Waals surface area contributed by atoms with Crippen molar-refractivity contribution in [3.8, 4) is 0 Å². The van der Waals surface area contributed by atoms with E-state index < -0.39 is 53.7 Å². The molecule has 1 unspecified atom stereocenters. The Morgan fingerprint density at radius 2 is 2.06 bits per heavy atom. The zero-order valence-electron chi connectivity index (χ0n) is 18.5. The third-order valence-corrected chi connectivity index (χ3v) is 7.00. The molecule has 0 spiro atoms. The fourth-order valence-electron chi connectivity index (χ4n) is 2.76. The number of hydrogen-bond acceptors (Lipinski definition) is 9. The monoisotopic (exact) mass is 579 g/mol. The number of aryl methyl sites for hydroxylation is 1. The summed E-state index contributed by atoms with van der Waals surface area (Å²) in [4.78, 5) is 38.0. The second-order valence-electron chi connectivity index (χ2n) is 7.10. The Morgan fingerprint density at radius 1 is 1.35 bits per heavy atom. The van der Waals surface area contributed by atoms with Crippen molar-refractivity contribution in [2.45, 2.75) is 35.5 Å². The lowest BCUT2D eigenvalue weighted by atomic mass is 10.2.